The van der Waals surface area contributed by atoms with E-state index in [0.717, 1.165) is 93.2 Å². The van der Waals surface area contributed by atoms with Crippen LogP contribution in [0.15, 0.2) is 44.5 Å². The molecule has 0 radical (unpaired) electrons. The Hall–Kier alpha value is -4.34. The van der Waals surface area contributed by atoms with Crippen LogP contribution in [0.25, 0.3) is 52.5 Å². The SMILES string of the molecule is [C-]#[N+]/C(C#N)=C\c1oc(-c2cc3sc(-c4cc(CC(CC)CCCC)c(/C=C(\C#N)[N+]#[C-])o4)cc3s2)cc1CC(CC)CCCC. The summed E-state index contributed by atoms with van der Waals surface area (Å²) in [6, 6.07) is 12.4. The molecular formula is C38H40N4O2S2. The molecule has 2 atom stereocenters. The lowest BCUT2D eigenvalue weighted by molar-refractivity contribution is 0.446. The van der Waals surface area contributed by atoms with E-state index in [4.69, 9.17) is 22.0 Å². The molecule has 4 rings (SSSR count). The van der Waals surface area contributed by atoms with Crippen LogP contribution in [0.3, 0.4) is 0 Å². The van der Waals surface area contributed by atoms with E-state index in [2.05, 4.69) is 61.7 Å². The Kier molecular flexibility index (Phi) is 12.6. The number of allylic oxidation sites excluding steroid dienone is 2. The number of nitriles is 2. The highest BCUT2D eigenvalue weighted by molar-refractivity contribution is 7.31. The topological polar surface area (TPSA) is 82.6 Å². The first-order chi connectivity index (χ1) is 22.4. The van der Waals surface area contributed by atoms with Crippen LogP contribution in [-0.2, 0) is 12.8 Å². The maximum absolute atomic E-state index is 9.40. The van der Waals surface area contributed by atoms with Crippen LogP contribution in [0, 0.1) is 47.6 Å². The zero-order valence-corrected chi connectivity index (χ0v) is 28.7. The van der Waals surface area contributed by atoms with E-state index >= 15 is 0 Å². The van der Waals surface area contributed by atoms with Crippen molar-refractivity contribution >= 4 is 44.2 Å². The predicted octanol–water partition coefficient (Wildman–Crippen LogP) is 12.6. The Labute approximate surface area is 280 Å². The first-order valence-electron chi connectivity index (χ1n) is 16.2. The standard InChI is InChI=1S/C38H40N4O2S2/c1-7-11-13-25(9-3)15-27-17-33(43-31(27)19-29(23-39)41-5)35-21-37-38(45-35)22-36(46-37)34-18-28(16-26(10-4)14-12-8-2)32(44-34)20-30(24-40)42-6/h17-22,25-26H,7-16H2,1-4H3/b29-19-,30-20+. The number of unbranched alkanes of at least 4 members (excludes halogenated alkanes) is 2. The summed E-state index contributed by atoms with van der Waals surface area (Å²) in [6.45, 7) is 23.6. The average molecular weight is 649 g/mol. The molecule has 0 saturated heterocycles. The van der Waals surface area contributed by atoms with Gasteiger partial charge in [-0.05, 0) is 72.2 Å². The zero-order chi connectivity index (χ0) is 33.1. The number of fused-ring (bicyclic) bond motifs is 1. The minimum absolute atomic E-state index is 0.0153. The first kappa shape index (κ1) is 34.5. The van der Waals surface area contributed by atoms with Gasteiger partial charge in [-0.15, -0.1) is 22.7 Å². The fraction of sp³-hybridized carbons (Fsp3) is 0.421. The maximum Gasteiger partial charge on any atom is 0.265 e. The second-order valence-corrected chi connectivity index (χ2v) is 13.9. The van der Waals surface area contributed by atoms with Crippen LogP contribution in [-0.4, -0.2) is 0 Å². The number of furan rings is 2. The molecule has 0 N–H and O–H groups in total. The second kappa shape index (κ2) is 16.8. The Balaban J connectivity index is 1.68. The van der Waals surface area contributed by atoms with E-state index in [1.54, 1.807) is 34.8 Å². The quantitative estimate of drug-likeness (QED) is 0.0894. The van der Waals surface area contributed by atoms with Crippen LogP contribution >= 0.6 is 22.7 Å². The molecule has 46 heavy (non-hydrogen) atoms. The van der Waals surface area contributed by atoms with E-state index in [1.165, 1.54) is 12.8 Å². The highest BCUT2D eigenvalue weighted by atomic mass is 32.1. The van der Waals surface area contributed by atoms with Crippen molar-refractivity contribution in [2.45, 2.75) is 91.9 Å². The van der Waals surface area contributed by atoms with Gasteiger partial charge in [0.05, 0.1) is 35.0 Å². The van der Waals surface area contributed by atoms with Gasteiger partial charge in [-0.2, -0.15) is 0 Å². The summed E-state index contributed by atoms with van der Waals surface area (Å²) in [4.78, 5) is 8.71. The third kappa shape index (κ3) is 8.47. The highest BCUT2D eigenvalue weighted by Gasteiger charge is 2.21. The fourth-order valence-corrected chi connectivity index (χ4v) is 8.01. The molecule has 6 nitrogen and oxygen atoms in total. The van der Waals surface area contributed by atoms with Crippen LogP contribution in [0.4, 0.5) is 0 Å². The molecule has 0 aliphatic carbocycles. The van der Waals surface area contributed by atoms with Crippen LogP contribution < -0.4 is 0 Å². The normalized spacial score (nSPS) is 13.2. The number of hydrogen-bond donors (Lipinski definition) is 0. The number of thiophene rings is 2. The van der Waals surface area contributed by atoms with Gasteiger partial charge in [0.15, 0.2) is 0 Å². The van der Waals surface area contributed by atoms with Crippen molar-refractivity contribution < 1.29 is 8.83 Å². The lowest BCUT2D eigenvalue weighted by Crippen LogP contribution is -2.03. The van der Waals surface area contributed by atoms with Gasteiger partial charge in [0.2, 0.25) is 0 Å². The fourth-order valence-electron chi connectivity index (χ4n) is 5.71. The van der Waals surface area contributed by atoms with Crippen molar-refractivity contribution in [3.8, 4) is 33.4 Å². The van der Waals surface area contributed by atoms with Gasteiger partial charge in [-0.1, -0.05) is 79.1 Å². The summed E-state index contributed by atoms with van der Waals surface area (Å²) in [6.07, 6.45) is 13.9. The molecule has 4 aromatic rings. The minimum Gasteiger partial charge on any atom is -0.457 e. The summed E-state index contributed by atoms with van der Waals surface area (Å²) >= 11 is 3.29. The summed E-state index contributed by atoms with van der Waals surface area (Å²) in [5.41, 5.74) is 2.11. The van der Waals surface area contributed by atoms with E-state index in [0.29, 0.717) is 23.4 Å². The van der Waals surface area contributed by atoms with Gasteiger partial charge in [0.25, 0.3) is 11.4 Å². The molecule has 8 heteroatoms. The molecule has 0 aliphatic heterocycles. The Morgan fingerprint density at radius 1 is 0.739 bits per heavy atom. The lowest BCUT2D eigenvalue weighted by atomic mass is 9.92. The van der Waals surface area contributed by atoms with Crippen LogP contribution in [0.5, 0.6) is 0 Å². The van der Waals surface area contributed by atoms with Gasteiger partial charge < -0.3 is 8.83 Å². The van der Waals surface area contributed by atoms with Crippen molar-refractivity contribution in [1.29, 1.82) is 10.5 Å². The number of nitrogens with zero attached hydrogens (tertiary/aromatic N) is 4. The van der Waals surface area contributed by atoms with Crippen LogP contribution in [0.2, 0.25) is 0 Å². The molecule has 0 bridgehead atoms. The zero-order valence-electron chi connectivity index (χ0n) is 27.1. The van der Waals surface area contributed by atoms with Gasteiger partial charge in [-0.3, -0.25) is 0 Å². The molecule has 236 valence electrons. The smallest absolute Gasteiger partial charge is 0.265 e. The number of rotatable bonds is 16. The molecule has 4 heterocycles. The maximum atomic E-state index is 9.40. The molecule has 0 fully saturated rings. The van der Waals surface area contributed by atoms with Crippen molar-refractivity contribution in [1.82, 2.24) is 0 Å². The van der Waals surface area contributed by atoms with Crippen molar-refractivity contribution in [3.05, 3.63) is 81.1 Å². The third-order valence-corrected chi connectivity index (χ3v) is 10.8. The number of hydrogen-bond acceptors (Lipinski definition) is 6. The summed E-state index contributed by atoms with van der Waals surface area (Å²) in [5.74, 6) is 3.72. The van der Waals surface area contributed by atoms with Crippen LogP contribution in [0.1, 0.15) is 102 Å². The Morgan fingerprint density at radius 2 is 1.15 bits per heavy atom. The van der Waals surface area contributed by atoms with E-state index in [9.17, 15) is 10.5 Å². The predicted molar refractivity (Wildman–Crippen MR) is 190 cm³/mol. The van der Waals surface area contributed by atoms with Crippen molar-refractivity contribution in [3.63, 3.8) is 0 Å². The second-order valence-electron chi connectivity index (χ2n) is 11.7. The average Bonchev–Trinajstić information content (AvgIpc) is 3.85. The third-order valence-electron chi connectivity index (χ3n) is 8.49. The Morgan fingerprint density at radius 3 is 1.48 bits per heavy atom. The Bertz CT molecular complexity index is 1670. The highest BCUT2D eigenvalue weighted by Crippen LogP contribution is 2.44. The summed E-state index contributed by atoms with van der Waals surface area (Å²) in [7, 11) is 0. The summed E-state index contributed by atoms with van der Waals surface area (Å²) < 4.78 is 14.9. The van der Waals surface area contributed by atoms with E-state index in [-0.39, 0.29) is 11.4 Å². The van der Waals surface area contributed by atoms with Gasteiger partial charge >= 0.3 is 0 Å². The van der Waals surface area contributed by atoms with Gasteiger partial charge in [0.1, 0.15) is 23.0 Å². The van der Waals surface area contributed by atoms with Crippen molar-refractivity contribution in [2.24, 2.45) is 11.8 Å². The molecule has 2 unspecified atom stereocenters. The first-order valence-corrected chi connectivity index (χ1v) is 17.8. The van der Waals surface area contributed by atoms with Gasteiger partial charge in [0, 0.05) is 9.40 Å². The molecule has 4 aromatic heterocycles. The molecule has 0 aromatic carbocycles. The van der Waals surface area contributed by atoms with Crippen molar-refractivity contribution in [2.75, 3.05) is 0 Å². The largest absolute Gasteiger partial charge is 0.457 e. The molecule has 0 aliphatic rings. The van der Waals surface area contributed by atoms with E-state index < -0.39 is 0 Å². The minimum atomic E-state index is 0.0153. The molecular weight excluding hydrogens is 609 g/mol. The summed E-state index contributed by atoms with van der Waals surface area (Å²) in [5, 5.41) is 18.8. The van der Waals surface area contributed by atoms with Gasteiger partial charge in [-0.25, -0.2) is 20.2 Å². The van der Waals surface area contributed by atoms with E-state index in [1.807, 2.05) is 12.1 Å². The lowest BCUT2D eigenvalue weighted by Gasteiger charge is -2.13. The molecule has 0 spiro atoms. The monoisotopic (exact) mass is 648 g/mol. The molecule has 0 amide bonds. The molecule has 0 saturated carbocycles.